The van der Waals surface area contributed by atoms with E-state index in [2.05, 4.69) is 6.92 Å². The van der Waals surface area contributed by atoms with E-state index in [4.69, 9.17) is 17.3 Å². The third-order valence-corrected chi connectivity index (χ3v) is 5.83. The minimum atomic E-state index is -3.57. The Hall–Kier alpha value is -0.780. The Balaban J connectivity index is 2.38. The molecular formula is C12H17ClN2O2S. The Morgan fingerprint density at radius 1 is 1.50 bits per heavy atom. The van der Waals surface area contributed by atoms with E-state index in [1.807, 2.05) is 0 Å². The van der Waals surface area contributed by atoms with Gasteiger partial charge in [-0.15, -0.1) is 0 Å². The molecule has 1 fully saturated rings. The van der Waals surface area contributed by atoms with Gasteiger partial charge in [0.15, 0.2) is 0 Å². The van der Waals surface area contributed by atoms with Gasteiger partial charge in [-0.05, 0) is 24.5 Å². The molecule has 0 aliphatic carbocycles. The van der Waals surface area contributed by atoms with Crippen molar-refractivity contribution in [1.29, 1.82) is 0 Å². The highest BCUT2D eigenvalue weighted by atomic mass is 35.5. The van der Waals surface area contributed by atoms with E-state index in [0.29, 0.717) is 19.0 Å². The van der Waals surface area contributed by atoms with Gasteiger partial charge in [-0.3, -0.25) is 0 Å². The van der Waals surface area contributed by atoms with Crippen LogP contribution in [0.1, 0.15) is 19.8 Å². The van der Waals surface area contributed by atoms with Gasteiger partial charge in [0.2, 0.25) is 10.0 Å². The third-order valence-electron chi connectivity index (χ3n) is 3.42. The number of nitrogens with zero attached hydrogens (tertiary/aromatic N) is 1. The number of halogens is 1. The standard InChI is InChI=1S/C12H17ClN2O2S/c1-2-9-6-7-15(8-9)18(16,17)12-10(13)4-3-5-11(12)14/h3-5,9H,2,6-8,14H2,1H3. The molecular weight excluding hydrogens is 272 g/mol. The van der Waals surface area contributed by atoms with E-state index >= 15 is 0 Å². The Morgan fingerprint density at radius 2 is 2.22 bits per heavy atom. The fraction of sp³-hybridized carbons (Fsp3) is 0.500. The number of benzene rings is 1. The summed E-state index contributed by atoms with van der Waals surface area (Å²) in [6.45, 7) is 3.18. The van der Waals surface area contributed by atoms with Gasteiger partial charge in [-0.2, -0.15) is 4.31 Å². The summed E-state index contributed by atoms with van der Waals surface area (Å²) in [6, 6.07) is 4.76. The minimum Gasteiger partial charge on any atom is -0.398 e. The van der Waals surface area contributed by atoms with Crippen LogP contribution in [0.5, 0.6) is 0 Å². The van der Waals surface area contributed by atoms with E-state index < -0.39 is 10.0 Å². The van der Waals surface area contributed by atoms with Crippen LogP contribution in [0, 0.1) is 5.92 Å². The Labute approximate surface area is 113 Å². The van der Waals surface area contributed by atoms with Crippen LogP contribution in [0.4, 0.5) is 5.69 Å². The molecule has 1 heterocycles. The Bertz CT molecular complexity index is 525. The lowest BCUT2D eigenvalue weighted by molar-refractivity contribution is 0.453. The molecule has 6 heteroatoms. The van der Waals surface area contributed by atoms with Gasteiger partial charge < -0.3 is 5.73 Å². The van der Waals surface area contributed by atoms with Crippen molar-refractivity contribution in [3.8, 4) is 0 Å². The van der Waals surface area contributed by atoms with Crippen LogP contribution in [0.3, 0.4) is 0 Å². The van der Waals surface area contributed by atoms with Crippen molar-refractivity contribution < 1.29 is 8.42 Å². The maximum atomic E-state index is 12.5. The molecule has 1 saturated heterocycles. The largest absolute Gasteiger partial charge is 0.398 e. The molecule has 2 rings (SSSR count). The Kier molecular flexibility index (Phi) is 3.84. The van der Waals surface area contributed by atoms with Crippen molar-refractivity contribution >= 4 is 27.3 Å². The summed E-state index contributed by atoms with van der Waals surface area (Å²) in [5, 5.41) is 0.190. The lowest BCUT2D eigenvalue weighted by Gasteiger charge is -2.18. The second kappa shape index (κ2) is 5.07. The summed E-state index contributed by atoms with van der Waals surface area (Å²) in [7, 11) is -3.57. The number of anilines is 1. The topological polar surface area (TPSA) is 63.4 Å². The molecule has 0 aromatic heterocycles. The van der Waals surface area contributed by atoms with Crippen LogP contribution >= 0.6 is 11.6 Å². The maximum Gasteiger partial charge on any atom is 0.246 e. The van der Waals surface area contributed by atoms with Crippen LogP contribution in [-0.2, 0) is 10.0 Å². The summed E-state index contributed by atoms with van der Waals surface area (Å²) >= 11 is 5.98. The number of nitrogen functional groups attached to an aromatic ring is 1. The molecule has 0 radical (unpaired) electrons. The zero-order valence-electron chi connectivity index (χ0n) is 10.3. The molecule has 1 aromatic rings. The summed E-state index contributed by atoms with van der Waals surface area (Å²) < 4.78 is 26.5. The van der Waals surface area contributed by atoms with Crippen molar-refractivity contribution in [2.45, 2.75) is 24.7 Å². The number of nitrogens with two attached hydrogens (primary N) is 1. The van der Waals surface area contributed by atoms with Crippen LogP contribution in [0.25, 0.3) is 0 Å². The second-order valence-corrected chi connectivity index (χ2v) is 6.87. The third kappa shape index (κ3) is 2.35. The molecule has 1 aliphatic rings. The Morgan fingerprint density at radius 3 is 2.78 bits per heavy atom. The first-order chi connectivity index (χ1) is 8.46. The fourth-order valence-electron chi connectivity index (χ4n) is 2.28. The molecule has 18 heavy (non-hydrogen) atoms. The van der Waals surface area contributed by atoms with Gasteiger partial charge in [0.25, 0.3) is 0 Å². The zero-order chi connectivity index (χ0) is 13.3. The smallest absolute Gasteiger partial charge is 0.246 e. The summed E-state index contributed by atoms with van der Waals surface area (Å²) in [5.74, 6) is 0.434. The highest BCUT2D eigenvalue weighted by Crippen LogP contribution is 2.33. The number of sulfonamides is 1. The minimum absolute atomic E-state index is 0.0448. The van der Waals surface area contributed by atoms with E-state index in [-0.39, 0.29) is 15.6 Å². The van der Waals surface area contributed by atoms with Crippen molar-refractivity contribution in [3.63, 3.8) is 0 Å². The summed E-state index contributed by atoms with van der Waals surface area (Å²) in [5.41, 5.74) is 5.96. The summed E-state index contributed by atoms with van der Waals surface area (Å²) in [6.07, 6.45) is 1.89. The fourth-order valence-corrected chi connectivity index (χ4v) is 4.44. The molecule has 0 saturated carbocycles. The first kappa shape index (κ1) is 13.6. The molecule has 1 aromatic carbocycles. The number of rotatable bonds is 3. The van der Waals surface area contributed by atoms with E-state index in [1.165, 1.54) is 4.31 Å². The zero-order valence-corrected chi connectivity index (χ0v) is 11.8. The van der Waals surface area contributed by atoms with Crippen molar-refractivity contribution in [2.24, 2.45) is 5.92 Å². The van der Waals surface area contributed by atoms with Gasteiger partial charge in [0, 0.05) is 13.1 Å². The van der Waals surface area contributed by atoms with E-state index in [9.17, 15) is 8.42 Å². The lowest BCUT2D eigenvalue weighted by Crippen LogP contribution is -2.29. The average Bonchev–Trinajstić information content (AvgIpc) is 2.77. The lowest BCUT2D eigenvalue weighted by atomic mass is 10.1. The molecule has 1 unspecified atom stereocenters. The first-order valence-corrected chi connectivity index (χ1v) is 7.82. The monoisotopic (exact) mass is 288 g/mol. The van der Waals surface area contributed by atoms with Gasteiger partial charge in [0.05, 0.1) is 10.7 Å². The predicted octanol–water partition coefficient (Wildman–Crippen LogP) is 2.34. The van der Waals surface area contributed by atoms with Crippen molar-refractivity contribution in [3.05, 3.63) is 23.2 Å². The average molecular weight is 289 g/mol. The molecule has 0 spiro atoms. The van der Waals surface area contributed by atoms with Crippen molar-refractivity contribution in [1.82, 2.24) is 4.31 Å². The van der Waals surface area contributed by atoms with E-state index in [1.54, 1.807) is 18.2 Å². The SMILES string of the molecule is CCC1CCN(S(=O)(=O)c2c(N)cccc2Cl)C1. The summed E-state index contributed by atoms with van der Waals surface area (Å²) in [4.78, 5) is 0.0448. The highest BCUT2D eigenvalue weighted by molar-refractivity contribution is 7.89. The van der Waals surface area contributed by atoms with Crippen LogP contribution in [0.15, 0.2) is 23.1 Å². The second-order valence-electron chi connectivity index (χ2n) is 4.58. The number of hydrogen-bond donors (Lipinski definition) is 1. The highest BCUT2D eigenvalue weighted by Gasteiger charge is 2.34. The molecule has 1 aliphatic heterocycles. The normalized spacial score (nSPS) is 21.3. The van der Waals surface area contributed by atoms with Gasteiger partial charge in [-0.25, -0.2) is 8.42 Å². The molecule has 0 amide bonds. The molecule has 2 N–H and O–H groups in total. The van der Waals surface area contributed by atoms with Crippen LogP contribution in [-0.4, -0.2) is 25.8 Å². The first-order valence-electron chi connectivity index (χ1n) is 6.01. The van der Waals surface area contributed by atoms with Crippen molar-refractivity contribution in [2.75, 3.05) is 18.8 Å². The molecule has 1 atom stereocenters. The maximum absolute atomic E-state index is 12.5. The molecule has 0 bridgehead atoms. The van der Waals surface area contributed by atoms with Gasteiger partial charge in [0.1, 0.15) is 4.90 Å². The predicted molar refractivity (Wildman–Crippen MR) is 73.0 cm³/mol. The molecule has 100 valence electrons. The quantitative estimate of drug-likeness (QED) is 0.868. The van der Waals surface area contributed by atoms with Crippen LogP contribution < -0.4 is 5.73 Å². The van der Waals surface area contributed by atoms with Gasteiger partial charge >= 0.3 is 0 Å². The molecule has 4 nitrogen and oxygen atoms in total. The van der Waals surface area contributed by atoms with Crippen LogP contribution in [0.2, 0.25) is 5.02 Å². The van der Waals surface area contributed by atoms with Gasteiger partial charge in [-0.1, -0.05) is 31.0 Å². The number of hydrogen-bond acceptors (Lipinski definition) is 3. The van der Waals surface area contributed by atoms with E-state index in [0.717, 1.165) is 12.8 Å².